The Bertz CT molecular complexity index is 699. The average molecular weight is 324 g/mol. The molecule has 0 spiro atoms. The maximum Gasteiger partial charge on any atom is 0.451 e. The van der Waals surface area contributed by atoms with Crippen LogP contribution in [-0.2, 0) is 6.18 Å². The molecule has 0 radical (unpaired) electrons. The summed E-state index contributed by atoms with van der Waals surface area (Å²) in [6.07, 6.45) is -1.23. The van der Waals surface area contributed by atoms with Crippen molar-refractivity contribution in [1.82, 2.24) is 15.0 Å². The minimum atomic E-state index is -4.60. The van der Waals surface area contributed by atoms with Crippen molar-refractivity contribution in [3.05, 3.63) is 30.2 Å². The Kier molecular flexibility index (Phi) is 4.06. The Morgan fingerprint density at radius 2 is 1.87 bits per heavy atom. The van der Waals surface area contributed by atoms with E-state index in [9.17, 15) is 13.2 Å². The maximum atomic E-state index is 13.1. The number of hydrogen-bond donors (Lipinski definition) is 0. The Hall–Kier alpha value is -2.38. The molecular formula is C15H15F3N4O. The number of halogens is 3. The summed E-state index contributed by atoms with van der Waals surface area (Å²) in [6.45, 7) is 1.40. The molecule has 0 aromatic carbocycles. The molecule has 1 aliphatic heterocycles. The lowest BCUT2D eigenvalue weighted by Crippen LogP contribution is -2.22. The first-order chi connectivity index (χ1) is 11.0. The van der Waals surface area contributed by atoms with Crippen molar-refractivity contribution in [3.8, 4) is 17.1 Å². The Balaban J connectivity index is 2.09. The quantitative estimate of drug-likeness (QED) is 0.868. The molecule has 8 heteroatoms. The molecule has 23 heavy (non-hydrogen) atoms. The molecule has 2 aromatic heterocycles. The van der Waals surface area contributed by atoms with Gasteiger partial charge >= 0.3 is 6.18 Å². The Morgan fingerprint density at radius 3 is 2.52 bits per heavy atom. The summed E-state index contributed by atoms with van der Waals surface area (Å²) >= 11 is 0. The highest BCUT2D eigenvalue weighted by Gasteiger charge is 2.36. The molecule has 5 nitrogen and oxygen atoms in total. The van der Waals surface area contributed by atoms with Gasteiger partial charge in [-0.1, -0.05) is 0 Å². The molecule has 3 rings (SSSR count). The lowest BCUT2D eigenvalue weighted by molar-refractivity contribution is -0.144. The van der Waals surface area contributed by atoms with Gasteiger partial charge in [0.1, 0.15) is 5.82 Å². The minimum Gasteiger partial charge on any atom is -0.481 e. The summed E-state index contributed by atoms with van der Waals surface area (Å²) in [4.78, 5) is 13.2. The van der Waals surface area contributed by atoms with E-state index in [1.807, 2.05) is 4.90 Å². The summed E-state index contributed by atoms with van der Waals surface area (Å²) < 4.78 is 44.4. The molecule has 2 aromatic rings. The number of alkyl halides is 3. The molecule has 122 valence electrons. The van der Waals surface area contributed by atoms with Crippen LogP contribution in [0.15, 0.2) is 24.4 Å². The summed E-state index contributed by atoms with van der Waals surface area (Å²) in [5.41, 5.74) is 0.708. The standard InChI is InChI=1S/C15H15F3N4O/c1-23-13-8-10(4-5-19-13)11-9-12(22-6-2-3-7-22)21-14(20-11)15(16,17)18/h4-5,8-9H,2-3,6-7H2,1H3. The maximum absolute atomic E-state index is 13.1. The van der Waals surface area contributed by atoms with Gasteiger partial charge in [-0.15, -0.1) is 0 Å². The van der Waals surface area contributed by atoms with E-state index >= 15 is 0 Å². The number of hydrogen-bond acceptors (Lipinski definition) is 5. The molecule has 0 atom stereocenters. The van der Waals surface area contributed by atoms with Gasteiger partial charge in [-0.2, -0.15) is 13.2 Å². The van der Waals surface area contributed by atoms with E-state index in [1.165, 1.54) is 13.3 Å². The number of nitrogens with zero attached hydrogens (tertiary/aromatic N) is 4. The molecule has 0 aliphatic carbocycles. The molecule has 0 unspecified atom stereocenters. The SMILES string of the molecule is COc1cc(-c2cc(N3CCCC3)nc(C(F)(F)F)n2)ccn1. The third-order valence-electron chi connectivity index (χ3n) is 3.64. The monoisotopic (exact) mass is 324 g/mol. The van der Waals surface area contributed by atoms with Crippen molar-refractivity contribution in [2.45, 2.75) is 19.0 Å². The van der Waals surface area contributed by atoms with Crippen LogP contribution in [0.3, 0.4) is 0 Å². The predicted octanol–water partition coefficient (Wildman–Crippen LogP) is 3.17. The van der Waals surface area contributed by atoms with E-state index in [2.05, 4.69) is 15.0 Å². The number of rotatable bonds is 3. The highest BCUT2D eigenvalue weighted by Crippen LogP contribution is 2.32. The summed E-state index contributed by atoms with van der Waals surface area (Å²) in [6, 6.07) is 4.73. The third-order valence-corrected chi connectivity index (χ3v) is 3.64. The second kappa shape index (κ2) is 6.02. The summed E-state index contributed by atoms with van der Waals surface area (Å²) in [7, 11) is 1.45. The van der Waals surface area contributed by atoms with Crippen LogP contribution in [-0.4, -0.2) is 35.2 Å². The van der Waals surface area contributed by atoms with Crippen molar-refractivity contribution in [1.29, 1.82) is 0 Å². The zero-order valence-corrected chi connectivity index (χ0v) is 12.5. The average Bonchev–Trinajstić information content (AvgIpc) is 3.08. The Morgan fingerprint density at radius 1 is 1.13 bits per heavy atom. The van der Waals surface area contributed by atoms with Crippen LogP contribution in [0.4, 0.5) is 19.0 Å². The van der Waals surface area contributed by atoms with Crippen molar-refractivity contribution in [3.63, 3.8) is 0 Å². The van der Waals surface area contributed by atoms with E-state index in [1.54, 1.807) is 18.2 Å². The first-order valence-corrected chi connectivity index (χ1v) is 7.19. The number of aromatic nitrogens is 3. The van der Waals surface area contributed by atoms with Gasteiger partial charge in [0.05, 0.1) is 12.8 Å². The molecule has 1 fully saturated rings. The molecule has 0 saturated carbocycles. The summed E-state index contributed by atoms with van der Waals surface area (Å²) in [5, 5.41) is 0. The number of pyridine rings is 1. The van der Waals surface area contributed by atoms with Crippen molar-refractivity contribution >= 4 is 5.82 Å². The van der Waals surface area contributed by atoms with Gasteiger partial charge in [0.25, 0.3) is 0 Å². The van der Waals surface area contributed by atoms with Crippen molar-refractivity contribution in [2.24, 2.45) is 0 Å². The minimum absolute atomic E-state index is 0.204. The van der Waals surface area contributed by atoms with Crippen LogP contribution < -0.4 is 9.64 Å². The van der Waals surface area contributed by atoms with E-state index in [4.69, 9.17) is 4.74 Å². The van der Waals surface area contributed by atoms with Gasteiger partial charge in [-0.25, -0.2) is 15.0 Å². The summed E-state index contributed by atoms with van der Waals surface area (Å²) in [5.74, 6) is -0.513. The smallest absolute Gasteiger partial charge is 0.451 e. The Labute approximate surface area is 131 Å². The van der Waals surface area contributed by atoms with Crippen molar-refractivity contribution in [2.75, 3.05) is 25.1 Å². The van der Waals surface area contributed by atoms with Crippen LogP contribution >= 0.6 is 0 Å². The topological polar surface area (TPSA) is 51.1 Å². The predicted molar refractivity (Wildman–Crippen MR) is 78.3 cm³/mol. The van der Waals surface area contributed by atoms with Crippen molar-refractivity contribution < 1.29 is 17.9 Å². The van der Waals surface area contributed by atoms with Crippen LogP contribution in [0.5, 0.6) is 5.88 Å². The van der Waals surface area contributed by atoms with E-state index in [-0.39, 0.29) is 5.69 Å². The zero-order valence-electron chi connectivity index (χ0n) is 12.5. The van der Waals surface area contributed by atoms with Gasteiger partial charge in [0.15, 0.2) is 0 Å². The van der Waals surface area contributed by atoms with Gasteiger partial charge in [0, 0.05) is 37.0 Å². The fourth-order valence-electron chi connectivity index (χ4n) is 2.50. The number of methoxy groups -OCH3 is 1. The largest absolute Gasteiger partial charge is 0.481 e. The normalized spacial score (nSPS) is 15.0. The molecule has 1 aliphatic rings. The fourth-order valence-corrected chi connectivity index (χ4v) is 2.50. The lowest BCUT2D eigenvalue weighted by Gasteiger charge is -2.18. The molecule has 3 heterocycles. The molecule has 0 bridgehead atoms. The number of anilines is 1. The van der Waals surface area contributed by atoms with Crippen LogP contribution in [0.25, 0.3) is 11.3 Å². The zero-order chi connectivity index (χ0) is 16.4. The van der Waals surface area contributed by atoms with E-state index in [0.717, 1.165) is 12.8 Å². The van der Waals surface area contributed by atoms with Crippen LogP contribution in [0, 0.1) is 0 Å². The molecule has 0 N–H and O–H groups in total. The number of ether oxygens (including phenoxy) is 1. The lowest BCUT2D eigenvalue weighted by atomic mass is 10.2. The van der Waals surface area contributed by atoms with Gasteiger partial charge in [0.2, 0.25) is 11.7 Å². The first-order valence-electron chi connectivity index (χ1n) is 7.19. The highest BCUT2D eigenvalue weighted by molar-refractivity contribution is 5.64. The molecule has 0 amide bonds. The van der Waals surface area contributed by atoms with Gasteiger partial charge in [-0.3, -0.25) is 0 Å². The van der Waals surface area contributed by atoms with Crippen LogP contribution in [0.1, 0.15) is 18.7 Å². The van der Waals surface area contributed by atoms with Crippen LogP contribution in [0.2, 0.25) is 0 Å². The third kappa shape index (κ3) is 3.35. The van der Waals surface area contributed by atoms with Gasteiger partial charge in [-0.05, 0) is 18.9 Å². The first kappa shape index (κ1) is 15.5. The highest BCUT2D eigenvalue weighted by atomic mass is 19.4. The van der Waals surface area contributed by atoms with Gasteiger partial charge < -0.3 is 9.64 Å². The fraction of sp³-hybridized carbons (Fsp3) is 0.400. The molecule has 1 saturated heterocycles. The molecular weight excluding hydrogens is 309 g/mol. The second-order valence-corrected chi connectivity index (χ2v) is 5.21. The second-order valence-electron chi connectivity index (χ2n) is 5.21. The van der Waals surface area contributed by atoms with E-state index < -0.39 is 12.0 Å². The van der Waals surface area contributed by atoms with E-state index in [0.29, 0.717) is 30.4 Å².